The minimum atomic E-state index is -0.0628. The molecular weight excluding hydrogens is 258 g/mol. The van der Waals surface area contributed by atoms with E-state index < -0.39 is 0 Å². The third-order valence-corrected chi connectivity index (χ3v) is 4.31. The Kier molecular flexibility index (Phi) is 3.03. The Morgan fingerprint density at radius 1 is 1.42 bits per heavy atom. The number of benzene rings is 1. The summed E-state index contributed by atoms with van der Waals surface area (Å²) in [7, 11) is 0. The van der Waals surface area contributed by atoms with E-state index >= 15 is 0 Å². The predicted molar refractivity (Wildman–Crippen MR) is 75.4 cm³/mol. The molecule has 0 spiro atoms. The minimum Gasteiger partial charge on any atom is -0.296 e. The summed E-state index contributed by atoms with van der Waals surface area (Å²) < 4.78 is 1.73. The molecule has 19 heavy (non-hydrogen) atoms. The van der Waals surface area contributed by atoms with Crippen molar-refractivity contribution < 1.29 is 0 Å². The first kappa shape index (κ1) is 12.2. The number of hydrogen-bond donors (Lipinski definition) is 0. The van der Waals surface area contributed by atoms with E-state index in [1.54, 1.807) is 4.57 Å². The molecule has 3 rings (SSSR count). The summed E-state index contributed by atoms with van der Waals surface area (Å²) in [6.07, 6.45) is 4.83. The highest BCUT2D eigenvalue weighted by atomic mass is 32.2. The molecule has 1 aromatic carbocycles. The molecule has 0 saturated carbocycles. The van der Waals surface area contributed by atoms with Gasteiger partial charge in [-0.3, -0.25) is 9.36 Å². The van der Waals surface area contributed by atoms with Crippen molar-refractivity contribution in [3.63, 3.8) is 0 Å². The van der Waals surface area contributed by atoms with Crippen molar-refractivity contribution in [3.05, 3.63) is 33.9 Å². The Hall–Kier alpha value is -1.80. The molecule has 2 heterocycles. The molecule has 1 aliphatic heterocycles. The van der Waals surface area contributed by atoms with Crippen LogP contribution in [-0.2, 0) is 13.0 Å². The molecule has 0 saturated heterocycles. The van der Waals surface area contributed by atoms with Crippen molar-refractivity contribution in [3.8, 4) is 6.07 Å². The molecule has 0 aliphatic carbocycles. The third kappa shape index (κ3) is 1.83. The van der Waals surface area contributed by atoms with Gasteiger partial charge < -0.3 is 0 Å². The molecule has 5 heteroatoms. The second kappa shape index (κ2) is 4.71. The van der Waals surface area contributed by atoms with Gasteiger partial charge in [-0.15, -0.1) is 11.8 Å². The number of nitriles is 1. The van der Waals surface area contributed by atoms with Crippen LogP contribution in [0.25, 0.3) is 10.9 Å². The van der Waals surface area contributed by atoms with Crippen LogP contribution in [0.2, 0.25) is 0 Å². The maximum atomic E-state index is 12.6. The zero-order chi connectivity index (χ0) is 13.4. The van der Waals surface area contributed by atoms with Crippen LogP contribution in [0.3, 0.4) is 0 Å². The third-order valence-electron chi connectivity index (χ3n) is 3.53. The standard InChI is InChI=1S/C14H13N3OS/c1-19-11-6-5-10-13(9(11)8-15)14(18)17-7-3-2-4-12(17)16-10/h5-6H,2-4,7H2,1H3. The summed E-state index contributed by atoms with van der Waals surface area (Å²) in [4.78, 5) is 18.0. The summed E-state index contributed by atoms with van der Waals surface area (Å²) >= 11 is 1.48. The smallest absolute Gasteiger partial charge is 0.262 e. The quantitative estimate of drug-likeness (QED) is 0.747. The van der Waals surface area contributed by atoms with Crippen LogP contribution >= 0.6 is 11.8 Å². The number of rotatable bonds is 1. The topological polar surface area (TPSA) is 58.7 Å². The SMILES string of the molecule is CSc1ccc2nc3n(c(=O)c2c1C#N)CCCC3. The normalized spacial score (nSPS) is 14.1. The van der Waals surface area contributed by atoms with Gasteiger partial charge in [0.05, 0.1) is 16.5 Å². The zero-order valence-corrected chi connectivity index (χ0v) is 11.5. The lowest BCUT2D eigenvalue weighted by atomic mass is 10.1. The van der Waals surface area contributed by atoms with Crippen molar-refractivity contribution in [2.45, 2.75) is 30.7 Å². The molecule has 2 aromatic rings. The Balaban J connectivity index is 2.44. The highest BCUT2D eigenvalue weighted by molar-refractivity contribution is 7.98. The molecule has 96 valence electrons. The second-order valence-electron chi connectivity index (χ2n) is 4.59. The Bertz CT molecular complexity index is 758. The number of thioether (sulfide) groups is 1. The average Bonchev–Trinajstić information content (AvgIpc) is 2.46. The van der Waals surface area contributed by atoms with E-state index in [0.29, 0.717) is 23.0 Å². The van der Waals surface area contributed by atoms with Crippen LogP contribution in [-0.4, -0.2) is 15.8 Å². The Morgan fingerprint density at radius 2 is 2.26 bits per heavy atom. The number of aryl methyl sites for hydroxylation is 1. The maximum absolute atomic E-state index is 12.6. The molecule has 4 nitrogen and oxygen atoms in total. The molecule has 0 fully saturated rings. The monoisotopic (exact) mass is 271 g/mol. The number of aromatic nitrogens is 2. The lowest BCUT2D eigenvalue weighted by Crippen LogP contribution is -2.28. The first-order valence-electron chi connectivity index (χ1n) is 6.26. The fourth-order valence-corrected chi connectivity index (χ4v) is 3.15. The first-order valence-corrected chi connectivity index (χ1v) is 7.49. The molecule has 0 amide bonds. The van der Waals surface area contributed by atoms with Gasteiger partial charge in [-0.1, -0.05) is 0 Å². The van der Waals surface area contributed by atoms with Crippen LogP contribution in [0.15, 0.2) is 21.8 Å². The van der Waals surface area contributed by atoms with Gasteiger partial charge in [-0.05, 0) is 31.2 Å². The first-order chi connectivity index (χ1) is 9.26. The average molecular weight is 271 g/mol. The van der Waals surface area contributed by atoms with E-state index in [-0.39, 0.29) is 5.56 Å². The maximum Gasteiger partial charge on any atom is 0.262 e. The van der Waals surface area contributed by atoms with Crippen LogP contribution in [0, 0.1) is 11.3 Å². The summed E-state index contributed by atoms with van der Waals surface area (Å²) in [6.45, 7) is 0.714. The van der Waals surface area contributed by atoms with Gasteiger partial charge in [0.25, 0.3) is 5.56 Å². The fraction of sp³-hybridized carbons (Fsp3) is 0.357. The molecular formula is C14H13N3OS. The van der Waals surface area contributed by atoms with Crippen LogP contribution < -0.4 is 5.56 Å². The van der Waals surface area contributed by atoms with E-state index in [9.17, 15) is 10.1 Å². The van der Waals surface area contributed by atoms with Crippen molar-refractivity contribution in [1.82, 2.24) is 9.55 Å². The Labute approximate surface area is 115 Å². The van der Waals surface area contributed by atoms with E-state index in [1.807, 2.05) is 18.4 Å². The summed E-state index contributed by atoms with van der Waals surface area (Å²) in [5, 5.41) is 9.81. The molecule has 0 unspecified atom stereocenters. The van der Waals surface area contributed by atoms with E-state index in [4.69, 9.17) is 0 Å². The van der Waals surface area contributed by atoms with Crippen LogP contribution in [0.5, 0.6) is 0 Å². The molecule has 1 aromatic heterocycles. The lowest BCUT2D eigenvalue weighted by Gasteiger charge is -2.18. The molecule has 0 bridgehead atoms. The van der Waals surface area contributed by atoms with Crippen molar-refractivity contribution >= 4 is 22.7 Å². The largest absolute Gasteiger partial charge is 0.296 e. The van der Waals surface area contributed by atoms with Gasteiger partial charge in [-0.2, -0.15) is 5.26 Å². The van der Waals surface area contributed by atoms with E-state index in [0.717, 1.165) is 30.0 Å². The fourth-order valence-electron chi connectivity index (χ4n) is 2.59. The highest BCUT2D eigenvalue weighted by Gasteiger charge is 2.18. The van der Waals surface area contributed by atoms with Crippen molar-refractivity contribution in [2.75, 3.05) is 6.26 Å². The van der Waals surface area contributed by atoms with Gasteiger partial charge in [0.1, 0.15) is 11.9 Å². The summed E-state index contributed by atoms with van der Waals surface area (Å²) in [5.74, 6) is 0.851. The van der Waals surface area contributed by atoms with Crippen molar-refractivity contribution in [1.29, 1.82) is 5.26 Å². The summed E-state index contributed by atoms with van der Waals surface area (Å²) in [5.41, 5.74) is 1.04. The van der Waals surface area contributed by atoms with E-state index in [1.165, 1.54) is 11.8 Å². The van der Waals surface area contributed by atoms with E-state index in [2.05, 4.69) is 11.1 Å². The second-order valence-corrected chi connectivity index (χ2v) is 5.44. The molecule has 0 N–H and O–H groups in total. The van der Waals surface area contributed by atoms with Gasteiger partial charge in [0.15, 0.2) is 0 Å². The van der Waals surface area contributed by atoms with Gasteiger partial charge in [0.2, 0.25) is 0 Å². The molecule has 0 radical (unpaired) electrons. The van der Waals surface area contributed by atoms with Crippen LogP contribution in [0.4, 0.5) is 0 Å². The van der Waals surface area contributed by atoms with Gasteiger partial charge in [-0.25, -0.2) is 4.98 Å². The predicted octanol–water partition coefficient (Wildman–Crippen LogP) is 2.33. The minimum absolute atomic E-state index is 0.0628. The summed E-state index contributed by atoms with van der Waals surface area (Å²) in [6, 6.07) is 5.88. The Morgan fingerprint density at radius 3 is 3.00 bits per heavy atom. The highest BCUT2D eigenvalue weighted by Crippen LogP contribution is 2.26. The molecule has 0 atom stereocenters. The number of hydrogen-bond acceptors (Lipinski definition) is 4. The zero-order valence-electron chi connectivity index (χ0n) is 10.6. The number of fused-ring (bicyclic) bond motifs is 2. The lowest BCUT2D eigenvalue weighted by molar-refractivity contribution is 0.501. The van der Waals surface area contributed by atoms with Crippen LogP contribution in [0.1, 0.15) is 24.2 Å². The number of nitrogens with zero attached hydrogens (tertiary/aromatic N) is 3. The van der Waals surface area contributed by atoms with Gasteiger partial charge in [0, 0.05) is 17.9 Å². The van der Waals surface area contributed by atoms with Crippen molar-refractivity contribution in [2.24, 2.45) is 0 Å². The molecule has 1 aliphatic rings. The van der Waals surface area contributed by atoms with Gasteiger partial charge >= 0.3 is 0 Å².